The first-order valence-corrected chi connectivity index (χ1v) is 14.2. The van der Waals surface area contributed by atoms with Gasteiger partial charge < -0.3 is 25.7 Å². The van der Waals surface area contributed by atoms with Crippen molar-refractivity contribution in [3.8, 4) is 5.75 Å². The highest BCUT2D eigenvalue weighted by Gasteiger charge is 2.64. The van der Waals surface area contributed by atoms with Gasteiger partial charge in [0.25, 0.3) is 17.7 Å². The Kier molecular flexibility index (Phi) is 9.39. The largest absolute Gasteiger partial charge is 0.508 e. The van der Waals surface area contributed by atoms with Crippen LogP contribution < -0.4 is 10.6 Å². The number of hydrogen-bond donors (Lipinski definition) is 4. The molecule has 1 heterocycles. The van der Waals surface area contributed by atoms with Crippen molar-refractivity contribution in [3.63, 3.8) is 0 Å². The minimum atomic E-state index is -3.52. The Morgan fingerprint density at radius 3 is 2.32 bits per heavy atom. The van der Waals surface area contributed by atoms with Gasteiger partial charge in [0.15, 0.2) is 6.10 Å². The molecule has 0 saturated carbocycles. The Labute approximate surface area is 253 Å². The number of carbonyl (C=O) groups is 3. The van der Waals surface area contributed by atoms with Gasteiger partial charge in [0.1, 0.15) is 17.6 Å². The number of aliphatic hydroxyl groups is 1. The lowest BCUT2D eigenvalue weighted by Gasteiger charge is -2.34. The number of carbonyl (C=O) groups excluding carboxylic acids is 3. The minimum absolute atomic E-state index is 0.0475. The number of benzene rings is 3. The number of halogens is 3. The van der Waals surface area contributed by atoms with Crippen LogP contribution in [0.4, 0.5) is 13.2 Å². The maximum absolute atomic E-state index is 15.3. The summed E-state index contributed by atoms with van der Waals surface area (Å²) in [6.45, 7) is 4.07. The number of rotatable bonds is 9. The summed E-state index contributed by atoms with van der Waals surface area (Å²) in [5.74, 6) is -7.03. The second kappa shape index (κ2) is 12.7. The lowest BCUT2D eigenvalue weighted by Crippen LogP contribution is -2.57. The summed E-state index contributed by atoms with van der Waals surface area (Å²) in [6, 6.07) is 14.3. The van der Waals surface area contributed by atoms with Crippen LogP contribution in [-0.2, 0) is 22.6 Å². The van der Waals surface area contributed by atoms with E-state index in [1.165, 1.54) is 37.3 Å². The molecule has 11 heteroatoms. The molecule has 4 rings (SSSR count). The molecule has 3 aromatic rings. The van der Waals surface area contributed by atoms with Crippen LogP contribution in [0.15, 0.2) is 66.7 Å². The molecule has 8 nitrogen and oxygen atoms in total. The van der Waals surface area contributed by atoms with E-state index < -0.39 is 59.6 Å². The molecule has 1 aliphatic heterocycles. The SMILES string of the molecule is Cc1cc(O)c(C)c(C(=O)N[C@@H](Cc2ccccc2)[C@H](O)C(=O)N2CC(F)(F)C(C)(C)[C@H]2C(=O)NCc2ccccc2F)c1. The van der Waals surface area contributed by atoms with Crippen molar-refractivity contribution in [3.05, 3.63) is 100 Å². The fourth-order valence-electron chi connectivity index (χ4n) is 5.47. The first-order chi connectivity index (χ1) is 20.6. The summed E-state index contributed by atoms with van der Waals surface area (Å²) in [7, 11) is 0. The zero-order valence-electron chi connectivity index (χ0n) is 24.9. The second-order valence-corrected chi connectivity index (χ2v) is 11.8. The molecule has 0 bridgehead atoms. The summed E-state index contributed by atoms with van der Waals surface area (Å²) in [4.78, 5) is 41.2. The van der Waals surface area contributed by atoms with Crippen LogP contribution in [0.2, 0.25) is 0 Å². The Hall–Kier alpha value is -4.38. The fraction of sp³-hybridized carbons (Fsp3) is 0.364. The van der Waals surface area contributed by atoms with Crippen LogP contribution in [0.5, 0.6) is 5.75 Å². The van der Waals surface area contributed by atoms with Crippen molar-refractivity contribution >= 4 is 17.7 Å². The third kappa shape index (κ3) is 6.57. The van der Waals surface area contributed by atoms with Crippen LogP contribution >= 0.6 is 0 Å². The number of likely N-dealkylation sites (tertiary alicyclic amines) is 1. The molecule has 1 aliphatic rings. The number of aryl methyl sites for hydroxylation is 1. The average Bonchev–Trinajstić information content (AvgIpc) is 3.16. The number of alkyl halides is 2. The Balaban J connectivity index is 1.63. The molecule has 44 heavy (non-hydrogen) atoms. The van der Waals surface area contributed by atoms with Crippen LogP contribution in [0.3, 0.4) is 0 Å². The van der Waals surface area contributed by atoms with Crippen molar-refractivity contribution < 1.29 is 37.8 Å². The van der Waals surface area contributed by atoms with Crippen molar-refractivity contribution in [2.45, 2.75) is 64.8 Å². The van der Waals surface area contributed by atoms with E-state index >= 15 is 8.78 Å². The van der Waals surface area contributed by atoms with Gasteiger partial charge in [-0.3, -0.25) is 14.4 Å². The van der Waals surface area contributed by atoms with E-state index in [0.717, 1.165) is 13.8 Å². The molecule has 3 atom stereocenters. The summed E-state index contributed by atoms with van der Waals surface area (Å²) in [5.41, 5.74) is -0.292. The zero-order valence-corrected chi connectivity index (χ0v) is 24.9. The molecule has 1 fully saturated rings. The van der Waals surface area contributed by atoms with Crippen LogP contribution in [-0.4, -0.2) is 63.5 Å². The predicted molar refractivity (Wildman–Crippen MR) is 157 cm³/mol. The summed E-state index contributed by atoms with van der Waals surface area (Å²) in [6.07, 6.45) is -2.07. The quantitative estimate of drug-likeness (QED) is 0.291. The van der Waals surface area contributed by atoms with Crippen molar-refractivity contribution in [1.82, 2.24) is 15.5 Å². The topological polar surface area (TPSA) is 119 Å². The van der Waals surface area contributed by atoms with Gasteiger partial charge in [-0.1, -0.05) is 62.4 Å². The van der Waals surface area contributed by atoms with Gasteiger partial charge in [0.05, 0.1) is 18.0 Å². The molecule has 4 N–H and O–H groups in total. The van der Waals surface area contributed by atoms with E-state index in [0.29, 0.717) is 16.0 Å². The highest BCUT2D eigenvalue weighted by molar-refractivity contribution is 5.97. The number of nitrogens with zero attached hydrogens (tertiary/aromatic N) is 1. The van der Waals surface area contributed by atoms with Gasteiger partial charge in [-0.25, -0.2) is 13.2 Å². The third-order valence-electron chi connectivity index (χ3n) is 8.27. The summed E-state index contributed by atoms with van der Waals surface area (Å²) in [5, 5.41) is 26.7. The highest BCUT2D eigenvalue weighted by Crippen LogP contribution is 2.48. The molecule has 0 aromatic heterocycles. The van der Waals surface area contributed by atoms with E-state index in [1.54, 1.807) is 43.3 Å². The van der Waals surface area contributed by atoms with E-state index in [4.69, 9.17) is 0 Å². The second-order valence-electron chi connectivity index (χ2n) is 11.8. The average molecular weight is 612 g/mol. The van der Waals surface area contributed by atoms with Crippen LogP contribution in [0.1, 0.15) is 46.5 Å². The predicted octanol–water partition coefficient (Wildman–Crippen LogP) is 4.04. The van der Waals surface area contributed by atoms with Crippen molar-refractivity contribution in [1.29, 1.82) is 0 Å². The van der Waals surface area contributed by atoms with Crippen LogP contribution in [0, 0.1) is 25.1 Å². The number of nitrogens with one attached hydrogen (secondary N) is 2. The van der Waals surface area contributed by atoms with E-state index in [2.05, 4.69) is 10.6 Å². The van der Waals surface area contributed by atoms with Gasteiger partial charge in [-0.15, -0.1) is 0 Å². The van der Waals surface area contributed by atoms with E-state index in [9.17, 15) is 29.0 Å². The lowest BCUT2D eigenvalue weighted by molar-refractivity contribution is -0.148. The Bertz CT molecular complexity index is 1550. The molecule has 3 amide bonds. The minimum Gasteiger partial charge on any atom is -0.508 e. The number of amides is 3. The van der Waals surface area contributed by atoms with Crippen molar-refractivity contribution in [2.75, 3.05) is 6.54 Å². The Morgan fingerprint density at radius 1 is 1.02 bits per heavy atom. The number of phenols is 1. The Morgan fingerprint density at radius 2 is 1.66 bits per heavy atom. The summed E-state index contributed by atoms with van der Waals surface area (Å²) < 4.78 is 44.8. The smallest absolute Gasteiger partial charge is 0.272 e. The fourth-order valence-corrected chi connectivity index (χ4v) is 5.47. The summed E-state index contributed by atoms with van der Waals surface area (Å²) >= 11 is 0. The number of phenolic OH excluding ortho intramolecular Hbond substituents is 1. The maximum atomic E-state index is 15.3. The standard InChI is InChI=1S/C33H36F3N3O5/c1-19-14-23(20(2)26(40)15-19)29(42)38-25(16-21-10-6-5-7-11-21)27(41)31(44)39-18-33(35,36)32(3,4)28(39)30(43)37-17-22-12-8-9-13-24(22)34/h5-15,25,27-28,40-41H,16-18H2,1-4H3,(H,37,43)(H,38,42)/t25-,27-,28+/m0/s1. The zero-order chi connectivity index (χ0) is 32.4. The molecular formula is C33H36F3N3O5. The molecule has 234 valence electrons. The van der Waals surface area contributed by atoms with Gasteiger partial charge in [0, 0.05) is 23.2 Å². The molecule has 0 spiro atoms. The lowest BCUT2D eigenvalue weighted by atomic mass is 9.81. The van der Waals surface area contributed by atoms with Gasteiger partial charge in [-0.2, -0.15) is 0 Å². The van der Waals surface area contributed by atoms with E-state index in [-0.39, 0.29) is 35.4 Å². The molecule has 1 saturated heterocycles. The third-order valence-corrected chi connectivity index (χ3v) is 8.27. The molecule has 0 radical (unpaired) electrons. The highest BCUT2D eigenvalue weighted by atomic mass is 19.3. The van der Waals surface area contributed by atoms with Gasteiger partial charge in [-0.05, 0) is 49.6 Å². The number of hydrogen-bond acceptors (Lipinski definition) is 5. The molecule has 0 unspecified atom stereocenters. The molecular weight excluding hydrogens is 575 g/mol. The maximum Gasteiger partial charge on any atom is 0.272 e. The normalized spacial score (nSPS) is 18.4. The molecule has 3 aromatic carbocycles. The van der Waals surface area contributed by atoms with Crippen LogP contribution in [0.25, 0.3) is 0 Å². The van der Waals surface area contributed by atoms with Gasteiger partial charge >= 0.3 is 0 Å². The number of aliphatic hydroxyl groups excluding tert-OH is 1. The number of aromatic hydroxyl groups is 1. The monoisotopic (exact) mass is 611 g/mol. The first-order valence-electron chi connectivity index (χ1n) is 14.2. The van der Waals surface area contributed by atoms with Crippen molar-refractivity contribution in [2.24, 2.45) is 5.41 Å². The molecule has 0 aliphatic carbocycles. The first kappa shape index (κ1) is 32.5. The van der Waals surface area contributed by atoms with Gasteiger partial charge in [0.2, 0.25) is 5.91 Å². The van der Waals surface area contributed by atoms with E-state index in [1.807, 2.05) is 0 Å².